The highest BCUT2D eigenvalue weighted by molar-refractivity contribution is 5.33. The molecule has 1 heterocycles. The zero-order valence-electron chi connectivity index (χ0n) is 10.9. The summed E-state index contributed by atoms with van der Waals surface area (Å²) in [5, 5.41) is 9.42. The van der Waals surface area contributed by atoms with Crippen LogP contribution in [0.25, 0.3) is 0 Å². The zero-order chi connectivity index (χ0) is 12.8. The van der Waals surface area contributed by atoms with Crippen molar-refractivity contribution in [1.29, 1.82) is 0 Å². The lowest BCUT2D eigenvalue weighted by atomic mass is 9.87. The summed E-state index contributed by atoms with van der Waals surface area (Å²) in [6.45, 7) is 5.41. The minimum absolute atomic E-state index is 0.00465. The van der Waals surface area contributed by atoms with Crippen LogP contribution < -0.4 is 0 Å². The van der Waals surface area contributed by atoms with Gasteiger partial charge in [0.25, 0.3) is 0 Å². The van der Waals surface area contributed by atoms with Crippen LogP contribution in [0, 0.1) is 5.92 Å². The Morgan fingerprint density at radius 3 is 3.00 bits per heavy atom. The number of hydrogen-bond donors (Lipinski definition) is 1. The Balaban J connectivity index is 2.02. The molecule has 0 aromatic heterocycles. The second-order valence-electron chi connectivity index (χ2n) is 4.63. The van der Waals surface area contributed by atoms with Crippen LogP contribution >= 0.6 is 0 Å². The first-order chi connectivity index (χ1) is 8.85. The van der Waals surface area contributed by atoms with Crippen molar-refractivity contribution in [2.24, 2.45) is 5.92 Å². The molecule has 1 aliphatic carbocycles. The van der Waals surface area contributed by atoms with E-state index >= 15 is 0 Å². The molecule has 2 atom stereocenters. The molecule has 4 nitrogen and oxygen atoms in total. The van der Waals surface area contributed by atoms with Crippen molar-refractivity contribution in [2.45, 2.75) is 19.4 Å². The van der Waals surface area contributed by atoms with Crippen molar-refractivity contribution in [2.75, 3.05) is 39.6 Å². The van der Waals surface area contributed by atoms with Gasteiger partial charge in [0.1, 0.15) is 6.10 Å². The molecule has 102 valence electrons. The highest BCUT2D eigenvalue weighted by Gasteiger charge is 2.25. The summed E-state index contributed by atoms with van der Waals surface area (Å²) in [5.41, 5.74) is 2.14. The van der Waals surface area contributed by atoms with Crippen LogP contribution in [0.4, 0.5) is 0 Å². The summed E-state index contributed by atoms with van der Waals surface area (Å²) in [5.74, 6) is 0.376. The van der Waals surface area contributed by atoms with E-state index in [1.807, 2.05) is 13.0 Å². The predicted molar refractivity (Wildman–Crippen MR) is 68.4 cm³/mol. The van der Waals surface area contributed by atoms with Gasteiger partial charge in [-0.15, -0.1) is 0 Å². The van der Waals surface area contributed by atoms with Gasteiger partial charge in [-0.05, 0) is 24.5 Å². The molecular formula is C14H22O4. The van der Waals surface area contributed by atoms with E-state index < -0.39 is 0 Å². The highest BCUT2D eigenvalue weighted by Crippen LogP contribution is 2.28. The smallest absolute Gasteiger partial charge is 0.103 e. The number of aliphatic hydroxyl groups excluding tert-OH is 1. The summed E-state index contributed by atoms with van der Waals surface area (Å²) in [6.07, 6.45) is 5.00. The van der Waals surface area contributed by atoms with E-state index in [-0.39, 0.29) is 12.7 Å². The first-order valence-corrected chi connectivity index (χ1v) is 6.63. The standard InChI is InChI=1S/C14H22O4/c1-2-16-9-11-3-4-12(8-15)13(7-11)14-10-17-5-6-18-14/h3-4,11,14-15H,2,5-10H2,1H3. The molecule has 1 aliphatic heterocycles. The monoisotopic (exact) mass is 254 g/mol. The average molecular weight is 254 g/mol. The topological polar surface area (TPSA) is 47.9 Å². The molecule has 1 N–H and O–H groups in total. The zero-order valence-corrected chi connectivity index (χ0v) is 10.9. The van der Waals surface area contributed by atoms with Gasteiger partial charge < -0.3 is 19.3 Å². The van der Waals surface area contributed by atoms with Crippen LogP contribution in [0.2, 0.25) is 0 Å². The number of ether oxygens (including phenoxy) is 3. The number of aliphatic hydroxyl groups is 1. The Bertz CT molecular complexity index is 316. The van der Waals surface area contributed by atoms with Crippen LogP contribution in [-0.4, -0.2) is 50.9 Å². The van der Waals surface area contributed by atoms with Crippen LogP contribution in [0.5, 0.6) is 0 Å². The second-order valence-corrected chi connectivity index (χ2v) is 4.63. The van der Waals surface area contributed by atoms with Gasteiger partial charge in [-0.25, -0.2) is 0 Å². The first-order valence-electron chi connectivity index (χ1n) is 6.63. The fourth-order valence-corrected chi connectivity index (χ4v) is 2.41. The Kier molecular flexibility index (Phi) is 5.38. The normalized spacial score (nSPS) is 28.8. The van der Waals surface area contributed by atoms with E-state index in [4.69, 9.17) is 14.2 Å². The van der Waals surface area contributed by atoms with Crippen LogP contribution in [0.3, 0.4) is 0 Å². The van der Waals surface area contributed by atoms with Crippen molar-refractivity contribution in [3.8, 4) is 0 Å². The van der Waals surface area contributed by atoms with E-state index in [0.717, 1.165) is 25.2 Å². The molecule has 1 saturated heterocycles. The fourth-order valence-electron chi connectivity index (χ4n) is 2.41. The molecular weight excluding hydrogens is 232 g/mol. The maximum absolute atomic E-state index is 9.42. The van der Waals surface area contributed by atoms with E-state index in [2.05, 4.69) is 6.08 Å². The maximum atomic E-state index is 9.42. The Morgan fingerprint density at radius 1 is 1.44 bits per heavy atom. The number of rotatable bonds is 5. The van der Waals surface area contributed by atoms with Crippen molar-refractivity contribution < 1.29 is 19.3 Å². The van der Waals surface area contributed by atoms with E-state index in [1.54, 1.807) is 0 Å². The van der Waals surface area contributed by atoms with E-state index in [1.165, 1.54) is 5.57 Å². The van der Waals surface area contributed by atoms with Gasteiger partial charge in [0.05, 0.1) is 33.0 Å². The fraction of sp³-hybridized carbons (Fsp3) is 0.714. The van der Waals surface area contributed by atoms with Gasteiger partial charge >= 0.3 is 0 Å². The van der Waals surface area contributed by atoms with E-state index in [0.29, 0.717) is 25.7 Å². The Morgan fingerprint density at radius 2 is 2.33 bits per heavy atom. The highest BCUT2D eigenvalue weighted by atomic mass is 16.6. The first kappa shape index (κ1) is 13.7. The molecule has 0 spiro atoms. The van der Waals surface area contributed by atoms with Crippen molar-refractivity contribution in [1.82, 2.24) is 0 Å². The molecule has 0 amide bonds. The minimum Gasteiger partial charge on any atom is -0.392 e. The molecule has 2 aliphatic rings. The third-order valence-corrected chi connectivity index (χ3v) is 3.38. The molecule has 0 radical (unpaired) electrons. The summed E-state index contributed by atoms with van der Waals surface area (Å²) < 4.78 is 16.7. The molecule has 0 saturated carbocycles. The van der Waals surface area contributed by atoms with Crippen LogP contribution in [0.1, 0.15) is 13.3 Å². The molecule has 2 unspecified atom stereocenters. The lowest BCUT2D eigenvalue weighted by Gasteiger charge is -2.30. The van der Waals surface area contributed by atoms with Crippen molar-refractivity contribution in [3.05, 3.63) is 23.3 Å². The minimum atomic E-state index is -0.00465. The molecule has 1 fully saturated rings. The van der Waals surface area contributed by atoms with Crippen molar-refractivity contribution >= 4 is 0 Å². The van der Waals surface area contributed by atoms with Crippen LogP contribution in [-0.2, 0) is 14.2 Å². The quantitative estimate of drug-likeness (QED) is 0.803. The summed E-state index contributed by atoms with van der Waals surface area (Å²) >= 11 is 0. The third kappa shape index (κ3) is 3.42. The largest absolute Gasteiger partial charge is 0.392 e. The second kappa shape index (κ2) is 7.04. The van der Waals surface area contributed by atoms with Gasteiger partial charge in [-0.2, -0.15) is 0 Å². The summed E-state index contributed by atoms with van der Waals surface area (Å²) in [7, 11) is 0. The maximum Gasteiger partial charge on any atom is 0.103 e. The Labute approximate surface area is 108 Å². The lowest BCUT2D eigenvalue weighted by molar-refractivity contribution is -0.0745. The molecule has 0 bridgehead atoms. The van der Waals surface area contributed by atoms with Gasteiger partial charge in [-0.3, -0.25) is 0 Å². The van der Waals surface area contributed by atoms with Gasteiger partial charge in [0.2, 0.25) is 0 Å². The SMILES string of the molecule is CCOCC1C=CC(CO)=C(C2COCCO2)C1. The molecule has 2 rings (SSSR count). The molecule has 0 aromatic rings. The van der Waals surface area contributed by atoms with E-state index in [9.17, 15) is 5.11 Å². The summed E-state index contributed by atoms with van der Waals surface area (Å²) in [6, 6.07) is 0. The molecule has 18 heavy (non-hydrogen) atoms. The molecule has 4 heteroatoms. The van der Waals surface area contributed by atoms with Gasteiger partial charge in [0.15, 0.2) is 0 Å². The van der Waals surface area contributed by atoms with Gasteiger partial charge in [-0.1, -0.05) is 12.2 Å². The van der Waals surface area contributed by atoms with Crippen molar-refractivity contribution in [3.63, 3.8) is 0 Å². The lowest BCUT2D eigenvalue weighted by Crippen LogP contribution is -2.33. The van der Waals surface area contributed by atoms with Gasteiger partial charge in [0, 0.05) is 12.5 Å². The third-order valence-electron chi connectivity index (χ3n) is 3.38. The predicted octanol–water partition coefficient (Wildman–Crippen LogP) is 1.30. The summed E-state index contributed by atoms with van der Waals surface area (Å²) in [4.78, 5) is 0. The molecule has 0 aromatic carbocycles. The average Bonchev–Trinajstić information content (AvgIpc) is 2.45. The number of hydrogen-bond acceptors (Lipinski definition) is 4. The van der Waals surface area contributed by atoms with Crippen LogP contribution in [0.15, 0.2) is 23.3 Å². The Hall–Kier alpha value is -0.680.